The van der Waals surface area contributed by atoms with Gasteiger partial charge in [0, 0.05) is 11.8 Å². The van der Waals surface area contributed by atoms with Gasteiger partial charge in [-0.3, -0.25) is 4.79 Å². The molecule has 0 spiro atoms. The highest BCUT2D eigenvalue weighted by Crippen LogP contribution is 2.40. The van der Waals surface area contributed by atoms with Crippen molar-refractivity contribution in [3.8, 4) is 0 Å². The molecule has 1 unspecified atom stereocenters. The highest BCUT2D eigenvalue weighted by Gasteiger charge is 2.31. The molecule has 1 nitrogen and oxygen atoms in total. The number of hydrogen-bond acceptors (Lipinski definition) is 1. The summed E-state index contributed by atoms with van der Waals surface area (Å²) >= 11 is 0. The van der Waals surface area contributed by atoms with Gasteiger partial charge in [0.15, 0.2) is 5.78 Å². The third-order valence-corrected chi connectivity index (χ3v) is 4.53. The highest BCUT2D eigenvalue weighted by molar-refractivity contribution is 5.96. The second kappa shape index (κ2) is 5.16. The summed E-state index contributed by atoms with van der Waals surface area (Å²) in [5.41, 5.74) is 4.72. The lowest BCUT2D eigenvalue weighted by Crippen LogP contribution is -2.24. The smallest absolute Gasteiger partial charge is 0.158 e. The molecule has 0 aromatic heterocycles. The fourth-order valence-corrected chi connectivity index (χ4v) is 2.64. The van der Waals surface area contributed by atoms with E-state index < -0.39 is 0 Å². The number of benzene rings is 1. The van der Waals surface area contributed by atoms with Crippen LogP contribution in [0.15, 0.2) is 41.5 Å². The molecule has 0 radical (unpaired) electrons. The van der Waals surface area contributed by atoms with E-state index >= 15 is 0 Å². The first-order chi connectivity index (χ1) is 8.94. The Labute approximate surface area is 116 Å². The van der Waals surface area contributed by atoms with Crippen LogP contribution in [0.1, 0.15) is 44.7 Å². The molecule has 0 fully saturated rings. The molecule has 2 rings (SSSR count). The number of carbonyl (C=O) groups excluding carboxylic acids is 1. The lowest BCUT2D eigenvalue weighted by molar-refractivity contribution is -0.116. The molecule has 19 heavy (non-hydrogen) atoms. The first kappa shape index (κ1) is 13.8. The standard InChI is InChI=1S/C18H22O/c1-13-7-5-6-8-16(13)9-11-18(4)12-10-17(19)14(2)15(18)3/h5-9,11H,10,12H2,1-4H3/b11-9+. The third-order valence-electron chi connectivity index (χ3n) is 4.53. The van der Waals surface area contributed by atoms with E-state index in [2.05, 4.69) is 57.2 Å². The molecular formula is C18H22O. The number of hydrogen-bond donors (Lipinski definition) is 0. The minimum atomic E-state index is 0.0142. The van der Waals surface area contributed by atoms with Gasteiger partial charge in [-0.05, 0) is 43.9 Å². The van der Waals surface area contributed by atoms with Gasteiger partial charge in [0.1, 0.15) is 0 Å². The number of carbonyl (C=O) groups is 1. The van der Waals surface area contributed by atoms with Crippen molar-refractivity contribution in [3.05, 3.63) is 52.6 Å². The summed E-state index contributed by atoms with van der Waals surface area (Å²) in [7, 11) is 0. The molecular weight excluding hydrogens is 232 g/mol. The van der Waals surface area contributed by atoms with Gasteiger partial charge in [-0.25, -0.2) is 0 Å². The van der Waals surface area contributed by atoms with Crippen LogP contribution in [0.3, 0.4) is 0 Å². The zero-order valence-corrected chi connectivity index (χ0v) is 12.3. The van der Waals surface area contributed by atoms with Gasteiger partial charge in [-0.15, -0.1) is 0 Å². The zero-order chi connectivity index (χ0) is 14.0. The Morgan fingerprint density at radius 1 is 1.16 bits per heavy atom. The minimum Gasteiger partial charge on any atom is -0.295 e. The second-order valence-corrected chi connectivity index (χ2v) is 5.78. The Morgan fingerprint density at radius 2 is 1.84 bits per heavy atom. The van der Waals surface area contributed by atoms with E-state index in [0.717, 1.165) is 12.0 Å². The fraction of sp³-hybridized carbons (Fsp3) is 0.389. The van der Waals surface area contributed by atoms with Crippen molar-refractivity contribution in [1.82, 2.24) is 0 Å². The number of aryl methyl sites for hydroxylation is 1. The maximum absolute atomic E-state index is 11.7. The molecule has 0 saturated carbocycles. The van der Waals surface area contributed by atoms with E-state index in [1.54, 1.807) is 0 Å². The van der Waals surface area contributed by atoms with Crippen LogP contribution >= 0.6 is 0 Å². The van der Waals surface area contributed by atoms with Crippen molar-refractivity contribution in [2.45, 2.75) is 40.5 Å². The molecule has 100 valence electrons. The van der Waals surface area contributed by atoms with Gasteiger partial charge in [0.25, 0.3) is 0 Å². The lowest BCUT2D eigenvalue weighted by Gasteiger charge is -2.32. The summed E-state index contributed by atoms with van der Waals surface area (Å²) in [5, 5.41) is 0. The van der Waals surface area contributed by atoms with E-state index in [1.165, 1.54) is 16.7 Å². The number of ketones is 1. The van der Waals surface area contributed by atoms with Crippen molar-refractivity contribution in [2.24, 2.45) is 5.41 Å². The summed E-state index contributed by atoms with van der Waals surface area (Å²) in [5.74, 6) is 0.305. The van der Waals surface area contributed by atoms with E-state index in [0.29, 0.717) is 12.2 Å². The molecule has 0 bridgehead atoms. The molecule has 1 atom stereocenters. The SMILES string of the molecule is CC1=C(C)C(C)(/C=C/c2ccccc2C)CCC1=O. The van der Waals surface area contributed by atoms with Gasteiger partial charge < -0.3 is 0 Å². The topological polar surface area (TPSA) is 17.1 Å². The van der Waals surface area contributed by atoms with E-state index in [4.69, 9.17) is 0 Å². The zero-order valence-electron chi connectivity index (χ0n) is 12.3. The quantitative estimate of drug-likeness (QED) is 0.746. The van der Waals surface area contributed by atoms with Crippen molar-refractivity contribution in [3.63, 3.8) is 0 Å². The summed E-state index contributed by atoms with van der Waals surface area (Å²) in [6.07, 6.45) is 6.04. The highest BCUT2D eigenvalue weighted by atomic mass is 16.1. The minimum absolute atomic E-state index is 0.0142. The molecule has 1 heteroatoms. The summed E-state index contributed by atoms with van der Waals surface area (Å²) in [6, 6.07) is 8.38. The van der Waals surface area contributed by atoms with Crippen LogP contribution in [0.25, 0.3) is 6.08 Å². The van der Waals surface area contributed by atoms with E-state index in [-0.39, 0.29) is 5.41 Å². The predicted molar refractivity (Wildman–Crippen MR) is 80.9 cm³/mol. The Morgan fingerprint density at radius 3 is 2.53 bits per heavy atom. The first-order valence-electron chi connectivity index (χ1n) is 6.90. The lowest BCUT2D eigenvalue weighted by atomic mass is 9.71. The average molecular weight is 254 g/mol. The molecule has 0 aliphatic heterocycles. The predicted octanol–water partition coefficient (Wildman–Crippen LogP) is 4.71. The van der Waals surface area contributed by atoms with E-state index in [9.17, 15) is 4.79 Å². The van der Waals surface area contributed by atoms with Crippen LogP contribution in [-0.4, -0.2) is 5.78 Å². The van der Waals surface area contributed by atoms with Crippen LogP contribution in [0.2, 0.25) is 0 Å². The first-order valence-corrected chi connectivity index (χ1v) is 6.90. The molecule has 1 aliphatic rings. The number of rotatable bonds is 2. The molecule has 1 aliphatic carbocycles. The Hall–Kier alpha value is -1.63. The Balaban J connectivity index is 2.33. The average Bonchev–Trinajstić information content (AvgIpc) is 2.41. The number of Topliss-reactive ketones (excluding diaryl/α,β-unsaturated/α-hetero) is 1. The normalized spacial score (nSPS) is 24.3. The second-order valence-electron chi connectivity index (χ2n) is 5.78. The summed E-state index contributed by atoms with van der Waals surface area (Å²) in [6.45, 7) is 8.40. The summed E-state index contributed by atoms with van der Waals surface area (Å²) in [4.78, 5) is 11.7. The van der Waals surface area contributed by atoms with Crippen molar-refractivity contribution >= 4 is 11.9 Å². The summed E-state index contributed by atoms with van der Waals surface area (Å²) < 4.78 is 0. The Kier molecular flexibility index (Phi) is 3.75. The van der Waals surface area contributed by atoms with Gasteiger partial charge in [-0.2, -0.15) is 0 Å². The molecule has 0 heterocycles. The maximum Gasteiger partial charge on any atom is 0.158 e. The maximum atomic E-state index is 11.7. The van der Waals surface area contributed by atoms with Crippen LogP contribution in [0.4, 0.5) is 0 Å². The number of allylic oxidation sites excluding steroid dienone is 3. The third kappa shape index (κ3) is 2.70. The Bertz CT molecular complexity index is 563. The van der Waals surface area contributed by atoms with Gasteiger partial charge in [0.2, 0.25) is 0 Å². The fourth-order valence-electron chi connectivity index (χ4n) is 2.64. The monoisotopic (exact) mass is 254 g/mol. The van der Waals surface area contributed by atoms with Gasteiger partial charge >= 0.3 is 0 Å². The van der Waals surface area contributed by atoms with Gasteiger partial charge in [0.05, 0.1) is 0 Å². The van der Waals surface area contributed by atoms with Crippen LogP contribution in [-0.2, 0) is 4.79 Å². The molecule has 0 N–H and O–H groups in total. The van der Waals surface area contributed by atoms with E-state index in [1.807, 2.05) is 6.92 Å². The molecule has 0 saturated heterocycles. The van der Waals surface area contributed by atoms with Crippen molar-refractivity contribution < 1.29 is 4.79 Å². The molecule has 1 aromatic rings. The van der Waals surface area contributed by atoms with Crippen LogP contribution < -0.4 is 0 Å². The van der Waals surface area contributed by atoms with Crippen molar-refractivity contribution in [2.75, 3.05) is 0 Å². The van der Waals surface area contributed by atoms with Crippen molar-refractivity contribution in [1.29, 1.82) is 0 Å². The van der Waals surface area contributed by atoms with Crippen LogP contribution in [0, 0.1) is 12.3 Å². The molecule has 1 aromatic carbocycles. The van der Waals surface area contributed by atoms with Gasteiger partial charge in [-0.1, -0.05) is 48.9 Å². The largest absolute Gasteiger partial charge is 0.295 e. The molecule has 0 amide bonds. The van der Waals surface area contributed by atoms with Crippen LogP contribution in [0.5, 0.6) is 0 Å².